The van der Waals surface area contributed by atoms with Crippen LogP contribution in [0.2, 0.25) is 0 Å². The lowest BCUT2D eigenvalue weighted by Crippen LogP contribution is -2.31. The molecule has 0 aliphatic rings. The lowest BCUT2D eigenvalue weighted by Gasteiger charge is -2.18. The Morgan fingerprint density at radius 1 is 1.42 bits per heavy atom. The molecule has 0 fully saturated rings. The van der Waals surface area contributed by atoms with Crippen molar-refractivity contribution in [3.05, 3.63) is 41.5 Å². The third-order valence-electron chi connectivity index (χ3n) is 3.35. The van der Waals surface area contributed by atoms with Gasteiger partial charge in [-0.15, -0.1) is 10.2 Å². The Bertz CT molecular complexity index is 815. The monoisotopic (exact) mass is 329 g/mol. The molecule has 0 aliphatic carbocycles. The molecular weight excluding hydrogens is 314 g/mol. The fourth-order valence-electron chi connectivity index (χ4n) is 2.21. The van der Waals surface area contributed by atoms with Crippen LogP contribution in [-0.2, 0) is 13.0 Å². The van der Waals surface area contributed by atoms with E-state index >= 15 is 0 Å². The second-order valence-corrected chi connectivity index (χ2v) is 5.12. The summed E-state index contributed by atoms with van der Waals surface area (Å²) < 4.78 is 4.97. The van der Waals surface area contributed by atoms with Crippen LogP contribution < -0.4 is 0 Å². The molecular formula is C14H15N7O3. The Hall–Kier alpha value is -3.30. The van der Waals surface area contributed by atoms with Crippen LogP contribution in [0.1, 0.15) is 17.3 Å². The summed E-state index contributed by atoms with van der Waals surface area (Å²) in [5.74, 6) is 1.42. The van der Waals surface area contributed by atoms with E-state index in [4.69, 9.17) is 4.52 Å². The van der Waals surface area contributed by atoms with Crippen LogP contribution in [0.5, 0.6) is 0 Å². The van der Waals surface area contributed by atoms with E-state index in [9.17, 15) is 9.90 Å². The van der Waals surface area contributed by atoms with Crippen molar-refractivity contribution in [3.63, 3.8) is 0 Å². The van der Waals surface area contributed by atoms with E-state index in [0.717, 1.165) is 11.1 Å². The zero-order chi connectivity index (χ0) is 16.9. The predicted octanol–water partition coefficient (Wildman–Crippen LogP) is 1.28. The molecule has 24 heavy (non-hydrogen) atoms. The maximum Gasteiger partial charge on any atom is 0.407 e. The SMILES string of the molecule is Cc1nc(-c2cccc(CN(CCc3nn[nH]n3)C(=O)O)c2)no1. The summed E-state index contributed by atoms with van der Waals surface area (Å²) in [6.45, 7) is 2.21. The molecule has 10 heteroatoms. The van der Waals surface area contributed by atoms with Gasteiger partial charge >= 0.3 is 6.09 Å². The van der Waals surface area contributed by atoms with E-state index in [0.29, 0.717) is 24.0 Å². The number of nitrogens with zero attached hydrogens (tertiary/aromatic N) is 6. The molecule has 124 valence electrons. The summed E-state index contributed by atoms with van der Waals surface area (Å²) in [6, 6.07) is 7.36. The smallest absolute Gasteiger partial charge is 0.407 e. The Balaban J connectivity index is 1.71. The van der Waals surface area contributed by atoms with Crippen LogP contribution in [-0.4, -0.2) is 53.4 Å². The Morgan fingerprint density at radius 2 is 2.29 bits per heavy atom. The van der Waals surface area contributed by atoms with Gasteiger partial charge < -0.3 is 14.5 Å². The molecule has 0 bridgehead atoms. The summed E-state index contributed by atoms with van der Waals surface area (Å²) in [4.78, 5) is 16.9. The van der Waals surface area contributed by atoms with Gasteiger partial charge in [0.15, 0.2) is 5.82 Å². The molecule has 0 saturated carbocycles. The normalized spacial score (nSPS) is 10.7. The summed E-state index contributed by atoms with van der Waals surface area (Å²) in [7, 11) is 0. The van der Waals surface area contributed by atoms with Crippen molar-refractivity contribution < 1.29 is 14.4 Å². The van der Waals surface area contributed by atoms with E-state index in [1.807, 2.05) is 24.3 Å². The minimum Gasteiger partial charge on any atom is -0.465 e. The summed E-state index contributed by atoms with van der Waals surface area (Å²) in [5.41, 5.74) is 1.60. The zero-order valence-electron chi connectivity index (χ0n) is 12.9. The van der Waals surface area contributed by atoms with E-state index in [-0.39, 0.29) is 13.1 Å². The minimum absolute atomic E-state index is 0.234. The Labute approximate surface area is 136 Å². The number of aromatic nitrogens is 6. The number of hydrogen-bond donors (Lipinski definition) is 2. The van der Waals surface area contributed by atoms with E-state index in [2.05, 4.69) is 30.8 Å². The number of carbonyl (C=O) groups is 1. The first-order valence-corrected chi connectivity index (χ1v) is 7.21. The number of aromatic amines is 1. The largest absolute Gasteiger partial charge is 0.465 e. The average Bonchev–Trinajstić information content (AvgIpc) is 3.23. The van der Waals surface area contributed by atoms with Crippen LogP contribution in [0.3, 0.4) is 0 Å². The van der Waals surface area contributed by atoms with Gasteiger partial charge in [0, 0.05) is 32.0 Å². The molecule has 2 aromatic heterocycles. The second-order valence-electron chi connectivity index (χ2n) is 5.12. The van der Waals surface area contributed by atoms with Gasteiger partial charge in [0.2, 0.25) is 11.7 Å². The van der Waals surface area contributed by atoms with Gasteiger partial charge in [0.1, 0.15) is 0 Å². The van der Waals surface area contributed by atoms with E-state index in [1.165, 1.54) is 4.90 Å². The number of rotatable bonds is 6. The molecule has 0 saturated heterocycles. The third kappa shape index (κ3) is 3.72. The molecule has 3 aromatic rings. The first-order chi connectivity index (χ1) is 11.6. The maximum absolute atomic E-state index is 11.4. The fraction of sp³-hybridized carbons (Fsp3) is 0.286. The van der Waals surface area contributed by atoms with Crippen LogP contribution in [0.25, 0.3) is 11.4 Å². The number of carboxylic acid groups (broad SMARTS) is 1. The number of benzene rings is 1. The predicted molar refractivity (Wildman–Crippen MR) is 80.8 cm³/mol. The molecule has 1 amide bonds. The second kappa shape index (κ2) is 6.86. The van der Waals surface area contributed by atoms with Gasteiger partial charge in [-0.2, -0.15) is 10.2 Å². The van der Waals surface area contributed by atoms with Crippen molar-refractivity contribution in [2.75, 3.05) is 6.54 Å². The highest BCUT2D eigenvalue weighted by Gasteiger charge is 2.14. The molecule has 2 heterocycles. The molecule has 0 unspecified atom stereocenters. The van der Waals surface area contributed by atoms with Gasteiger partial charge in [-0.25, -0.2) is 4.79 Å². The van der Waals surface area contributed by atoms with Crippen molar-refractivity contribution in [1.82, 2.24) is 35.7 Å². The Morgan fingerprint density at radius 3 is 2.96 bits per heavy atom. The number of hydrogen-bond acceptors (Lipinski definition) is 7. The van der Waals surface area contributed by atoms with Crippen molar-refractivity contribution in [1.29, 1.82) is 0 Å². The first kappa shape index (κ1) is 15.6. The maximum atomic E-state index is 11.4. The highest BCUT2D eigenvalue weighted by atomic mass is 16.5. The van der Waals surface area contributed by atoms with E-state index in [1.54, 1.807) is 6.92 Å². The number of aryl methyl sites for hydroxylation is 1. The minimum atomic E-state index is -1.01. The number of nitrogens with one attached hydrogen (secondary N) is 1. The molecule has 0 atom stereocenters. The standard InChI is InChI=1S/C14H15N7O3/c1-9-15-13(18-24-9)11-4-2-3-10(7-11)8-21(14(22)23)6-5-12-16-19-20-17-12/h2-4,7H,5-6,8H2,1H3,(H,22,23)(H,16,17,19,20). The van der Waals surface area contributed by atoms with Gasteiger partial charge in [0.25, 0.3) is 0 Å². The summed E-state index contributed by atoms with van der Waals surface area (Å²) in [5, 5.41) is 26.7. The van der Waals surface area contributed by atoms with Gasteiger partial charge in [-0.05, 0) is 11.6 Å². The zero-order valence-corrected chi connectivity index (χ0v) is 12.9. The molecule has 0 spiro atoms. The van der Waals surface area contributed by atoms with Crippen LogP contribution >= 0.6 is 0 Å². The van der Waals surface area contributed by atoms with Crippen LogP contribution in [0, 0.1) is 6.92 Å². The van der Waals surface area contributed by atoms with Gasteiger partial charge in [0.05, 0.1) is 0 Å². The average molecular weight is 329 g/mol. The lowest BCUT2D eigenvalue weighted by atomic mass is 10.1. The van der Waals surface area contributed by atoms with Gasteiger partial charge in [-0.3, -0.25) is 0 Å². The quantitative estimate of drug-likeness (QED) is 0.690. The molecule has 0 aliphatic heterocycles. The molecule has 0 radical (unpaired) electrons. The van der Waals surface area contributed by atoms with Crippen LogP contribution in [0.4, 0.5) is 4.79 Å². The lowest BCUT2D eigenvalue weighted by molar-refractivity contribution is 0.142. The van der Waals surface area contributed by atoms with Crippen molar-refractivity contribution in [3.8, 4) is 11.4 Å². The highest BCUT2D eigenvalue weighted by Crippen LogP contribution is 2.18. The summed E-state index contributed by atoms with van der Waals surface area (Å²) in [6.07, 6.45) is -0.633. The number of amides is 1. The number of H-pyrrole nitrogens is 1. The first-order valence-electron chi connectivity index (χ1n) is 7.21. The van der Waals surface area contributed by atoms with Crippen molar-refractivity contribution in [2.45, 2.75) is 19.9 Å². The topological polar surface area (TPSA) is 134 Å². The van der Waals surface area contributed by atoms with Gasteiger partial charge in [-0.1, -0.05) is 28.6 Å². The van der Waals surface area contributed by atoms with Crippen LogP contribution in [0.15, 0.2) is 28.8 Å². The van der Waals surface area contributed by atoms with E-state index < -0.39 is 6.09 Å². The number of tetrazole rings is 1. The highest BCUT2D eigenvalue weighted by molar-refractivity contribution is 5.65. The molecule has 2 N–H and O–H groups in total. The van der Waals surface area contributed by atoms with Crippen molar-refractivity contribution in [2.24, 2.45) is 0 Å². The third-order valence-corrected chi connectivity index (χ3v) is 3.35. The Kier molecular flexibility index (Phi) is 4.45. The molecule has 3 rings (SSSR count). The molecule has 1 aromatic carbocycles. The fourth-order valence-corrected chi connectivity index (χ4v) is 2.21. The van der Waals surface area contributed by atoms with Crippen molar-refractivity contribution >= 4 is 6.09 Å². The molecule has 10 nitrogen and oxygen atoms in total. The summed E-state index contributed by atoms with van der Waals surface area (Å²) >= 11 is 0.